The number of methoxy groups -OCH3 is 1. The van der Waals surface area contributed by atoms with Gasteiger partial charge in [-0.15, -0.1) is 0 Å². The number of hydrogen-bond acceptors (Lipinski definition) is 5. The first kappa shape index (κ1) is 24.3. The molecular weight excluding hydrogens is 420 g/mol. The number of nitrogens with zero attached hydrogens (tertiary/aromatic N) is 1. The summed E-state index contributed by atoms with van der Waals surface area (Å²) in [6, 6.07) is 17.4. The van der Waals surface area contributed by atoms with Gasteiger partial charge in [0.25, 0.3) is 0 Å². The lowest BCUT2D eigenvalue weighted by molar-refractivity contribution is -0.174. The van der Waals surface area contributed by atoms with Crippen LogP contribution >= 0.6 is 0 Å². The number of β-lactam (4-membered cyclic amide) rings is 1. The quantitative estimate of drug-likeness (QED) is 0.458. The van der Waals surface area contributed by atoms with Crippen molar-refractivity contribution in [3.8, 4) is 0 Å². The van der Waals surface area contributed by atoms with E-state index in [-0.39, 0.29) is 24.5 Å². The molecule has 0 aromatic heterocycles. The minimum Gasteiger partial charge on any atom is -0.467 e. The third kappa shape index (κ3) is 5.72. The van der Waals surface area contributed by atoms with Gasteiger partial charge >= 0.3 is 12.1 Å². The molecule has 0 bridgehead atoms. The van der Waals surface area contributed by atoms with Crippen LogP contribution in [-0.4, -0.2) is 42.1 Å². The Morgan fingerprint density at radius 1 is 1.00 bits per heavy atom. The molecule has 2 aromatic carbocycles. The average Bonchev–Trinajstić information content (AvgIpc) is 2.81. The van der Waals surface area contributed by atoms with Crippen LogP contribution in [0.1, 0.15) is 44.4 Å². The van der Waals surface area contributed by atoms with E-state index in [1.54, 1.807) is 11.8 Å². The maximum Gasteiger partial charge on any atom is 0.407 e. The smallest absolute Gasteiger partial charge is 0.407 e. The molecule has 0 radical (unpaired) electrons. The highest BCUT2D eigenvalue weighted by molar-refractivity contribution is 5.92. The van der Waals surface area contributed by atoms with E-state index in [0.29, 0.717) is 6.42 Å². The van der Waals surface area contributed by atoms with Crippen LogP contribution in [0.2, 0.25) is 0 Å². The zero-order valence-corrected chi connectivity index (χ0v) is 19.6. The van der Waals surface area contributed by atoms with Crippen LogP contribution < -0.4 is 5.32 Å². The Balaban J connectivity index is 1.76. The molecule has 3 rings (SSSR count). The fraction of sp³-hybridized carbons (Fsp3) is 0.423. The second-order valence-electron chi connectivity index (χ2n) is 8.79. The van der Waals surface area contributed by atoms with Crippen LogP contribution in [0.4, 0.5) is 4.79 Å². The maximum atomic E-state index is 13.3. The van der Waals surface area contributed by atoms with Crippen molar-refractivity contribution >= 4 is 18.0 Å². The molecule has 0 aliphatic carbocycles. The largest absolute Gasteiger partial charge is 0.467 e. The summed E-state index contributed by atoms with van der Waals surface area (Å²) in [5, 5.41) is 2.80. The van der Waals surface area contributed by atoms with Gasteiger partial charge in [0.15, 0.2) is 0 Å². The first-order valence-corrected chi connectivity index (χ1v) is 11.3. The van der Waals surface area contributed by atoms with E-state index in [0.717, 1.165) is 11.1 Å². The van der Waals surface area contributed by atoms with Crippen LogP contribution in [0.5, 0.6) is 0 Å². The molecular formula is C26H32N2O5. The number of benzene rings is 2. The molecule has 1 aliphatic heterocycles. The number of esters is 1. The maximum absolute atomic E-state index is 13.3. The standard InChI is InChI=1S/C26H32N2O5/c1-17(2)15-21(25(30)32-4)28-23(20-13-9-6-10-14-20)22(24(28)29)18(3)27-26(31)33-16-19-11-7-5-8-12-19/h5-14,17-18,21-23H,15-16H2,1-4H3,(H,27,31)/t18-,21-,22+,23+/m0/s1. The Labute approximate surface area is 195 Å². The molecule has 7 nitrogen and oxygen atoms in total. The van der Waals surface area contributed by atoms with Gasteiger partial charge in [0.2, 0.25) is 5.91 Å². The van der Waals surface area contributed by atoms with Gasteiger partial charge in [-0.2, -0.15) is 0 Å². The lowest BCUT2D eigenvalue weighted by Gasteiger charge is -2.52. The summed E-state index contributed by atoms with van der Waals surface area (Å²) in [6.45, 7) is 5.94. The third-order valence-electron chi connectivity index (χ3n) is 5.92. The monoisotopic (exact) mass is 452 g/mol. The highest BCUT2D eigenvalue weighted by Gasteiger charge is 2.55. The highest BCUT2D eigenvalue weighted by Crippen LogP contribution is 2.44. The van der Waals surface area contributed by atoms with E-state index in [1.807, 2.05) is 74.5 Å². The van der Waals surface area contributed by atoms with Crippen molar-refractivity contribution in [1.29, 1.82) is 0 Å². The summed E-state index contributed by atoms with van der Waals surface area (Å²) in [7, 11) is 1.34. The highest BCUT2D eigenvalue weighted by atomic mass is 16.5. The molecule has 1 aliphatic rings. The van der Waals surface area contributed by atoms with Gasteiger partial charge in [0.1, 0.15) is 12.6 Å². The lowest BCUT2D eigenvalue weighted by atomic mass is 9.76. The minimum absolute atomic E-state index is 0.144. The van der Waals surface area contributed by atoms with Crippen LogP contribution in [0, 0.1) is 11.8 Å². The number of ether oxygens (including phenoxy) is 2. The van der Waals surface area contributed by atoms with E-state index >= 15 is 0 Å². The number of rotatable bonds is 9. The van der Waals surface area contributed by atoms with E-state index < -0.39 is 30.1 Å². The summed E-state index contributed by atoms with van der Waals surface area (Å²) in [6.07, 6.45) is -0.0915. The van der Waals surface area contributed by atoms with Gasteiger partial charge in [0.05, 0.1) is 19.1 Å². The molecule has 2 aromatic rings. The Kier molecular flexibility index (Phi) is 8.09. The topological polar surface area (TPSA) is 84.9 Å². The van der Waals surface area contributed by atoms with Crippen molar-refractivity contribution in [3.63, 3.8) is 0 Å². The van der Waals surface area contributed by atoms with Gasteiger partial charge < -0.3 is 19.7 Å². The molecule has 7 heteroatoms. The van der Waals surface area contributed by atoms with Crippen molar-refractivity contribution in [1.82, 2.24) is 10.2 Å². The number of amides is 2. The molecule has 176 valence electrons. The molecule has 0 saturated carbocycles. The van der Waals surface area contributed by atoms with Crippen molar-refractivity contribution in [3.05, 3.63) is 71.8 Å². The van der Waals surface area contributed by atoms with Crippen LogP contribution in [0.3, 0.4) is 0 Å². The Morgan fingerprint density at radius 2 is 1.61 bits per heavy atom. The van der Waals surface area contributed by atoms with Gasteiger partial charge in [-0.1, -0.05) is 74.5 Å². The second-order valence-corrected chi connectivity index (χ2v) is 8.79. The summed E-state index contributed by atoms with van der Waals surface area (Å²) < 4.78 is 10.3. The number of carbonyl (C=O) groups excluding carboxylic acids is 3. The predicted molar refractivity (Wildman–Crippen MR) is 124 cm³/mol. The SMILES string of the molecule is COC(=O)[C@H](CC(C)C)N1C(=O)[C@H]([C@H](C)NC(=O)OCc2ccccc2)[C@H]1c1ccccc1. The molecule has 1 heterocycles. The lowest BCUT2D eigenvalue weighted by Crippen LogP contribution is -2.66. The van der Waals surface area contributed by atoms with E-state index in [1.165, 1.54) is 7.11 Å². The second kappa shape index (κ2) is 11.0. The summed E-state index contributed by atoms with van der Waals surface area (Å²) in [5.41, 5.74) is 1.79. The van der Waals surface area contributed by atoms with Crippen LogP contribution in [0.25, 0.3) is 0 Å². The first-order chi connectivity index (χ1) is 15.8. The van der Waals surface area contributed by atoms with Crippen molar-refractivity contribution < 1.29 is 23.9 Å². The Hall–Kier alpha value is -3.35. The zero-order valence-electron chi connectivity index (χ0n) is 19.6. The fourth-order valence-electron chi connectivity index (χ4n) is 4.33. The first-order valence-electron chi connectivity index (χ1n) is 11.3. The summed E-state index contributed by atoms with van der Waals surface area (Å²) in [4.78, 5) is 39.9. The number of alkyl carbamates (subject to hydrolysis) is 1. The molecule has 0 unspecified atom stereocenters. The predicted octanol–water partition coefficient (Wildman–Crippen LogP) is 4.09. The molecule has 1 saturated heterocycles. The van der Waals surface area contributed by atoms with Crippen molar-refractivity contribution in [2.24, 2.45) is 11.8 Å². The van der Waals surface area contributed by atoms with Gasteiger partial charge in [-0.25, -0.2) is 9.59 Å². The van der Waals surface area contributed by atoms with Crippen molar-refractivity contribution in [2.45, 2.75) is 51.9 Å². The molecule has 33 heavy (non-hydrogen) atoms. The van der Waals surface area contributed by atoms with Gasteiger partial charge in [0, 0.05) is 6.04 Å². The normalized spacial score (nSPS) is 19.4. The molecule has 1 N–H and O–H groups in total. The van der Waals surface area contributed by atoms with Crippen LogP contribution in [-0.2, 0) is 25.7 Å². The van der Waals surface area contributed by atoms with Gasteiger partial charge in [-0.05, 0) is 30.4 Å². The molecule has 2 amide bonds. The molecule has 1 fully saturated rings. The Bertz CT molecular complexity index is 948. The summed E-state index contributed by atoms with van der Waals surface area (Å²) in [5.74, 6) is -0.938. The molecule has 0 spiro atoms. The third-order valence-corrected chi connectivity index (χ3v) is 5.92. The minimum atomic E-state index is -0.679. The average molecular weight is 453 g/mol. The van der Waals surface area contributed by atoms with E-state index in [9.17, 15) is 14.4 Å². The van der Waals surface area contributed by atoms with E-state index in [4.69, 9.17) is 9.47 Å². The zero-order chi connectivity index (χ0) is 24.0. The van der Waals surface area contributed by atoms with Crippen LogP contribution in [0.15, 0.2) is 60.7 Å². The fourth-order valence-corrected chi connectivity index (χ4v) is 4.33. The number of likely N-dealkylation sites (tertiary alicyclic amines) is 1. The number of nitrogens with one attached hydrogen (secondary N) is 1. The Morgan fingerprint density at radius 3 is 2.18 bits per heavy atom. The van der Waals surface area contributed by atoms with Crippen molar-refractivity contribution in [2.75, 3.05) is 7.11 Å². The summed E-state index contributed by atoms with van der Waals surface area (Å²) >= 11 is 0. The van der Waals surface area contributed by atoms with E-state index in [2.05, 4.69) is 5.32 Å². The number of carbonyl (C=O) groups is 3. The molecule has 4 atom stereocenters. The van der Waals surface area contributed by atoms with Gasteiger partial charge in [-0.3, -0.25) is 4.79 Å². The number of hydrogen-bond donors (Lipinski definition) is 1.